The van der Waals surface area contributed by atoms with Crippen LogP contribution in [0, 0.1) is 5.92 Å². The van der Waals surface area contributed by atoms with Gasteiger partial charge in [-0.25, -0.2) is 4.39 Å². The van der Waals surface area contributed by atoms with Crippen molar-refractivity contribution in [3.05, 3.63) is 0 Å². The number of carboxylic acids is 1. The van der Waals surface area contributed by atoms with Crippen molar-refractivity contribution >= 4 is 18.4 Å². The molecule has 0 heterocycles. The lowest BCUT2D eigenvalue weighted by molar-refractivity contribution is -0.141. The van der Waals surface area contributed by atoms with E-state index < -0.39 is 18.2 Å². The number of alkyl halides is 1. The highest BCUT2D eigenvalue weighted by Crippen LogP contribution is 2.31. The highest BCUT2D eigenvalue weighted by atomic mass is 35.5. The van der Waals surface area contributed by atoms with Crippen LogP contribution in [0.15, 0.2) is 0 Å². The Bertz CT molecular complexity index is 150. The minimum atomic E-state index is -1.03. The van der Waals surface area contributed by atoms with E-state index in [1.807, 2.05) is 0 Å². The van der Waals surface area contributed by atoms with Crippen LogP contribution in [-0.4, -0.2) is 23.3 Å². The summed E-state index contributed by atoms with van der Waals surface area (Å²) in [5.41, 5.74) is 5.22. The molecular formula is C6H11ClFNO2. The molecule has 66 valence electrons. The third-order valence-electron chi connectivity index (χ3n) is 1.91. The standard InChI is InChI=1S/C6H10FNO2.ClH/c7-4-1-3(2-4)5(8)6(9)10;/h3-5H,1-2,8H2,(H,9,10);1H. The molecule has 1 fully saturated rings. The summed E-state index contributed by atoms with van der Waals surface area (Å²) in [4.78, 5) is 10.2. The molecule has 1 aliphatic carbocycles. The Morgan fingerprint density at radius 3 is 2.36 bits per heavy atom. The average Bonchev–Trinajstić information content (AvgIpc) is 1.79. The topological polar surface area (TPSA) is 63.3 Å². The maximum absolute atomic E-state index is 12.1. The van der Waals surface area contributed by atoms with Crippen LogP contribution in [-0.2, 0) is 4.79 Å². The van der Waals surface area contributed by atoms with E-state index in [-0.39, 0.29) is 18.3 Å². The highest BCUT2D eigenvalue weighted by molar-refractivity contribution is 5.85. The molecule has 5 heteroatoms. The highest BCUT2D eigenvalue weighted by Gasteiger charge is 2.36. The molecule has 3 N–H and O–H groups in total. The summed E-state index contributed by atoms with van der Waals surface area (Å²) in [6.07, 6.45) is -0.198. The molecule has 0 saturated heterocycles. The zero-order chi connectivity index (χ0) is 7.72. The largest absolute Gasteiger partial charge is 0.480 e. The van der Waals surface area contributed by atoms with Crippen molar-refractivity contribution in [1.82, 2.24) is 0 Å². The molecule has 1 unspecified atom stereocenters. The van der Waals surface area contributed by atoms with E-state index in [0.29, 0.717) is 12.8 Å². The van der Waals surface area contributed by atoms with E-state index >= 15 is 0 Å². The lowest BCUT2D eigenvalue weighted by atomic mass is 9.78. The lowest BCUT2D eigenvalue weighted by Gasteiger charge is -2.31. The Labute approximate surface area is 70.2 Å². The lowest BCUT2D eigenvalue weighted by Crippen LogP contribution is -2.45. The van der Waals surface area contributed by atoms with Gasteiger partial charge in [0.25, 0.3) is 0 Å². The summed E-state index contributed by atoms with van der Waals surface area (Å²) < 4.78 is 12.1. The summed E-state index contributed by atoms with van der Waals surface area (Å²) in [6, 6.07) is -0.869. The molecule has 1 rings (SSSR count). The first-order valence-corrected chi connectivity index (χ1v) is 3.23. The molecule has 1 atom stereocenters. The number of carbonyl (C=O) groups is 1. The van der Waals surface area contributed by atoms with Gasteiger partial charge < -0.3 is 10.8 Å². The number of aliphatic carboxylic acids is 1. The number of rotatable bonds is 2. The second-order valence-corrected chi connectivity index (χ2v) is 2.69. The van der Waals surface area contributed by atoms with E-state index in [1.54, 1.807) is 0 Å². The fourth-order valence-corrected chi connectivity index (χ4v) is 1.08. The van der Waals surface area contributed by atoms with Crippen LogP contribution in [0.25, 0.3) is 0 Å². The molecule has 11 heavy (non-hydrogen) atoms. The van der Waals surface area contributed by atoms with Gasteiger partial charge in [0, 0.05) is 0 Å². The van der Waals surface area contributed by atoms with E-state index in [2.05, 4.69) is 0 Å². The Kier molecular flexibility index (Phi) is 3.75. The first-order valence-electron chi connectivity index (χ1n) is 3.23. The fourth-order valence-electron chi connectivity index (χ4n) is 1.08. The van der Waals surface area contributed by atoms with E-state index in [9.17, 15) is 9.18 Å². The van der Waals surface area contributed by atoms with Gasteiger partial charge in [0.1, 0.15) is 12.2 Å². The molecule has 0 radical (unpaired) electrons. The van der Waals surface area contributed by atoms with Gasteiger partial charge in [0.2, 0.25) is 0 Å². The third kappa shape index (κ3) is 2.31. The van der Waals surface area contributed by atoms with E-state index in [1.165, 1.54) is 0 Å². The van der Waals surface area contributed by atoms with Gasteiger partial charge in [-0.3, -0.25) is 4.79 Å². The van der Waals surface area contributed by atoms with Crippen LogP contribution in [0.3, 0.4) is 0 Å². The molecule has 0 aliphatic heterocycles. The molecule has 0 amide bonds. The summed E-state index contributed by atoms with van der Waals surface area (Å²) in [7, 11) is 0. The van der Waals surface area contributed by atoms with Gasteiger partial charge in [0.15, 0.2) is 0 Å². The zero-order valence-electron chi connectivity index (χ0n) is 5.87. The Balaban J connectivity index is 0.000001000. The normalized spacial score (nSPS) is 31.5. The van der Waals surface area contributed by atoms with Crippen molar-refractivity contribution in [2.75, 3.05) is 0 Å². The predicted molar refractivity (Wildman–Crippen MR) is 40.5 cm³/mol. The van der Waals surface area contributed by atoms with Crippen molar-refractivity contribution in [2.45, 2.75) is 25.1 Å². The summed E-state index contributed by atoms with van der Waals surface area (Å²) in [5, 5.41) is 8.36. The van der Waals surface area contributed by atoms with Crippen molar-refractivity contribution in [3.63, 3.8) is 0 Å². The monoisotopic (exact) mass is 183 g/mol. The van der Waals surface area contributed by atoms with E-state index in [4.69, 9.17) is 10.8 Å². The van der Waals surface area contributed by atoms with Gasteiger partial charge in [-0.2, -0.15) is 0 Å². The fraction of sp³-hybridized carbons (Fsp3) is 0.833. The van der Waals surface area contributed by atoms with Crippen LogP contribution in [0.2, 0.25) is 0 Å². The summed E-state index contributed by atoms with van der Waals surface area (Å²) in [5.74, 6) is -1.18. The Morgan fingerprint density at radius 1 is 1.64 bits per heavy atom. The maximum atomic E-state index is 12.1. The number of hydrogen-bond acceptors (Lipinski definition) is 2. The summed E-state index contributed by atoms with van der Waals surface area (Å²) >= 11 is 0. The molecule has 0 spiro atoms. The molecule has 1 saturated carbocycles. The molecule has 1 aliphatic rings. The van der Waals surface area contributed by atoms with Crippen LogP contribution in [0.5, 0.6) is 0 Å². The molecule has 0 bridgehead atoms. The first-order chi connectivity index (χ1) is 4.61. The van der Waals surface area contributed by atoms with Crippen molar-refractivity contribution in [1.29, 1.82) is 0 Å². The quantitative estimate of drug-likeness (QED) is 0.658. The number of nitrogens with two attached hydrogens (primary N) is 1. The minimum Gasteiger partial charge on any atom is -0.480 e. The van der Waals surface area contributed by atoms with Crippen LogP contribution in [0.4, 0.5) is 4.39 Å². The summed E-state index contributed by atoms with van der Waals surface area (Å²) in [6.45, 7) is 0. The second kappa shape index (κ2) is 3.88. The number of halogens is 2. The molecule has 3 nitrogen and oxygen atoms in total. The van der Waals surface area contributed by atoms with Crippen LogP contribution >= 0.6 is 12.4 Å². The van der Waals surface area contributed by atoms with Gasteiger partial charge in [-0.05, 0) is 18.8 Å². The Morgan fingerprint density at radius 2 is 2.09 bits per heavy atom. The smallest absolute Gasteiger partial charge is 0.320 e. The third-order valence-corrected chi connectivity index (χ3v) is 1.91. The van der Waals surface area contributed by atoms with Crippen molar-refractivity contribution in [2.24, 2.45) is 11.7 Å². The van der Waals surface area contributed by atoms with Gasteiger partial charge in [-0.1, -0.05) is 0 Å². The number of carboxylic acid groups (broad SMARTS) is 1. The van der Waals surface area contributed by atoms with Crippen LogP contribution < -0.4 is 5.73 Å². The molecule has 0 aromatic heterocycles. The van der Waals surface area contributed by atoms with Gasteiger partial charge in [0.05, 0.1) is 0 Å². The molecular weight excluding hydrogens is 173 g/mol. The minimum absolute atomic E-state index is 0. The predicted octanol–water partition coefficient (Wildman–Crippen LogP) is 0.568. The average molecular weight is 184 g/mol. The molecule has 0 aromatic carbocycles. The van der Waals surface area contributed by atoms with Crippen LogP contribution in [0.1, 0.15) is 12.8 Å². The van der Waals surface area contributed by atoms with Crippen molar-refractivity contribution in [3.8, 4) is 0 Å². The maximum Gasteiger partial charge on any atom is 0.320 e. The van der Waals surface area contributed by atoms with Gasteiger partial charge >= 0.3 is 5.97 Å². The zero-order valence-corrected chi connectivity index (χ0v) is 6.68. The second-order valence-electron chi connectivity index (χ2n) is 2.69. The van der Waals surface area contributed by atoms with Crippen molar-refractivity contribution < 1.29 is 14.3 Å². The number of hydrogen-bond donors (Lipinski definition) is 2. The molecule has 0 aromatic rings. The first kappa shape index (κ1) is 10.7. The Hall–Kier alpha value is -0.350. The SMILES string of the molecule is Cl.NC(C(=O)O)C1CC(F)C1. The van der Waals surface area contributed by atoms with E-state index in [0.717, 1.165) is 0 Å². The van der Waals surface area contributed by atoms with Gasteiger partial charge in [-0.15, -0.1) is 12.4 Å².